The summed E-state index contributed by atoms with van der Waals surface area (Å²) in [4.78, 5) is 28.1. The number of hydrogen-bond acceptors (Lipinski definition) is 5. The largest absolute Gasteiger partial charge is 0.369 e. The van der Waals surface area contributed by atoms with Crippen molar-refractivity contribution in [3.63, 3.8) is 0 Å². The van der Waals surface area contributed by atoms with Crippen LogP contribution < -0.4 is 10.2 Å². The Balaban J connectivity index is 1.73. The van der Waals surface area contributed by atoms with Crippen molar-refractivity contribution in [1.29, 1.82) is 0 Å². The number of piperidine rings is 1. The topological polar surface area (TPSA) is 61.9 Å². The van der Waals surface area contributed by atoms with Gasteiger partial charge in [-0.2, -0.15) is 0 Å². The number of benzene rings is 1. The van der Waals surface area contributed by atoms with E-state index in [4.69, 9.17) is 4.74 Å². The zero-order valence-corrected chi connectivity index (χ0v) is 19.0. The highest BCUT2D eigenvalue weighted by molar-refractivity contribution is 6.76. The molecule has 1 N–H and O–H groups in total. The van der Waals surface area contributed by atoms with Gasteiger partial charge in [0.25, 0.3) is 0 Å². The molecule has 2 aliphatic heterocycles. The molecule has 1 aromatic rings. The van der Waals surface area contributed by atoms with Crippen molar-refractivity contribution >= 4 is 25.6 Å². The second kappa shape index (κ2) is 9.53. The molecule has 1 unspecified atom stereocenters. The molecule has 0 bridgehead atoms. The number of nitrogens with one attached hydrogen (secondary N) is 1. The predicted octanol–water partition coefficient (Wildman–Crippen LogP) is 2.92. The number of ether oxygens (including phenoxy) is 1. The van der Waals surface area contributed by atoms with Crippen molar-refractivity contribution in [3.8, 4) is 0 Å². The van der Waals surface area contributed by atoms with Crippen LogP contribution in [0, 0.1) is 11.6 Å². The molecule has 3 rings (SSSR count). The summed E-state index contributed by atoms with van der Waals surface area (Å²) in [6.45, 7) is 9.74. The number of rotatable bonds is 7. The van der Waals surface area contributed by atoms with E-state index in [9.17, 15) is 18.4 Å². The molecule has 1 atom stereocenters. The minimum absolute atomic E-state index is 0.0617. The van der Waals surface area contributed by atoms with Crippen molar-refractivity contribution in [2.24, 2.45) is 0 Å². The Bertz CT molecular complexity index is 771. The van der Waals surface area contributed by atoms with Gasteiger partial charge in [0.1, 0.15) is 18.4 Å². The van der Waals surface area contributed by atoms with Gasteiger partial charge in [0.15, 0.2) is 0 Å². The van der Waals surface area contributed by atoms with Gasteiger partial charge in [0, 0.05) is 58.5 Å². The van der Waals surface area contributed by atoms with Gasteiger partial charge in [-0.1, -0.05) is 19.6 Å². The Hall–Kier alpha value is -1.84. The lowest BCUT2D eigenvalue weighted by Crippen LogP contribution is -2.46. The van der Waals surface area contributed by atoms with Crippen molar-refractivity contribution < 1.29 is 23.1 Å². The Morgan fingerprint density at radius 3 is 2.37 bits per heavy atom. The van der Waals surface area contributed by atoms with E-state index >= 15 is 0 Å². The third-order valence-corrected chi connectivity index (χ3v) is 7.33. The molecule has 0 radical (unpaired) electrons. The van der Waals surface area contributed by atoms with E-state index in [2.05, 4.69) is 25.0 Å². The molecule has 0 saturated carbocycles. The molecule has 0 spiro atoms. The standard InChI is InChI=1S/C21H31F2N3O3Si/c1-30(2,3)11-10-29-14-26-19(27)5-4-16(21(26)28)20-17(22)12-15(13-18(20)23)25-8-6-24-7-9-25/h12-13,16,24H,4-11,14H2,1-3H3. The fourth-order valence-corrected chi connectivity index (χ4v) is 4.54. The third kappa shape index (κ3) is 5.44. The first-order valence-electron chi connectivity index (χ1n) is 10.5. The molecule has 0 aliphatic carbocycles. The monoisotopic (exact) mass is 439 g/mol. The molecule has 2 saturated heterocycles. The highest BCUT2D eigenvalue weighted by atomic mass is 28.3. The quantitative estimate of drug-likeness (QED) is 0.402. The summed E-state index contributed by atoms with van der Waals surface area (Å²) in [6, 6.07) is 3.49. The minimum atomic E-state index is -1.30. The second-order valence-electron chi connectivity index (χ2n) is 9.16. The van der Waals surface area contributed by atoms with Gasteiger partial charge in [-0.3, -0.25) is 14.5 Å². The van der Waals surface area contributed by atoms with Crippen LogP contribution in [0.3, 0.4) is 0 Å². The molecule has 2 fully saturated rings. The van der Waals surface area contributed by atoms with E-state index in [1.165, 1.54) is 12.1 Å². The average molecular weight is 440 g/mol. The molecule has 2 amide bonds. The van der Waals surface area contributed by atoms with Crippen LogP contribution in [0.2, 0.25) is 25.7 Å². The number of carbonyl (C=O) groups excluding carboxylic acids is 2. The summed E-state index contributed by atoms with van der Waals surface area (Å²) in [5.41, 5.74) is 0.222. The van der Waals surface area contributed by atoms with E-state index in [1.807, 2.05) is 4.90 Å². The Morgan fingerprint density at radius 1 is 1.13 bits per heavy atom. The highest BCUT2D eigenvalue weighted by Crippen LogP contribution is 2.34. The average Bonchev–Trinajstić information content (AvgIpc) is 2.68. The number of halogens is 2. The number of anilines is 1. The molecule has 2 heterocycles. The van der Waals surface area contributed by atoms with Crippen molar-refractivity contribution in [2.75, 3.05) is 44.4 Å². The number of nitrogens with zero attached hydrogens (tertiary/aromatic N) is 2. The van der Waals surface area contributed by atoms with Crippen LogP contribution in [0.4, 0.5) is 14.5 Å². The van der Waals surface area contributed by atoms with E-state index in [0.717, 1.165) is 24.0 Å². The van der Waals surface area contributed by atoms with Gasteiger partial charge in [0.05, 0.1) is 5.92 Å². The van der Waals surface area contributed by atoms with Crippen LogP contribution >= 0.6 is 0 Å². The number of piperazine rings is 1. The molecule has 6 nitrogen and oxygen atoms in total. The molecular weight excluding hydrogens is 408 g/mol. The molecular formula is C21H31F2N3O3Si. The maximum atomic E-state index is 14.9. The Morgan fingerprint density at radius 2 is 1.77 bits per heavy atom. The lowest BCUT2D eigenvalue weighted by molar-refractivity contribution is -0.155. The fraction of sp³-hybridized carbons (Fsp3) is 0.619. The Labute approximate surface area is 177 Å². The normalized spacial score (nSPS) is 20.8. The molecule has 166 valence electrons. The van der Waals surface area contributed by atoms with E-state index in [0.29, 0.717) is 25.4 Å². The van der Waals surface area contributed by atoms with Crippen LogP contribution in [0.15, 0.2) is 12.1 Å². The summed E-state index contributed by atoms with van der Waals surface area (Å²) in [6.07, 6.45) is 0.163. The van der Waals surface area contributed by atoms with Crippen LogP contribution in [-0.2, 0) is 14.3 Å². The SMILES string of the molecule is C[Si](C)(C)CCOCN1C(=O)CCC(c2c(F)cc(N3CCNCC3)cc2F)C1=O. The van der Waals surface area contributed by atoms with Crippen molar-refractivity contribution in [2.45, 2.75) is 44.4 Å². The van der Waals surface area contributed by atoms with Crippen molar-refractivity contribution in [3.05, 3.63) is 29.3 Å². The van der Waals surface area contributed by atoms with Crippen LogP contribution in [-0.4, -0.2) is 64.3 Å². The first-order chi connectivity index (χ1) is 14.2. The number of carbonyl (C=O) groups is 2. The zero-order chi connectivity index (χ0) is 21.9. The van der Waals surface area contributed by atoms with E-state index in [1.54, 1.807) is 0 Å². The molecule has 9 heteroatoms. The fourth-order valence-electron chi connectivity index (χ4n) is 3.78. The van der Waals surface area contributed by atoms with Gasteiger partial charge in [0.2, 0.25) is 11.8 Å². The van der Waals surface area contributed by atoms with E-state index < -0.39 is 31.5 Å². The number of likely N-dealkylation sites (tertiary alicyclic amines) is 1. The zero-order valence-electron chi connectivity index (χ0n) is 18.0. The summed E-state index contributed by atoms with van der Waals surface area (Å²) in [5.74, 6) is -3.44. The minimum Gasteiger partial charge on any atom is -0.369 e. The van der Waals surface area contributed by atoms with Gasteiger partial charge < -0.3 is 15.0 Å². The van der Waals surface area contributed by atoms with Crippen LogP contribution in [0.1, 0.15) is 24.3 Å². The first-order valence-corrected chi connectivity index (χ1v) is 14.2. The lowest BCUT2D eigenvalue weighted by Gasteiger charge is -2.32. The number of hydrogen-bond donors (Lipinski definition) is 1. The molecule has 2 aliphatic rings. The van der Waals surface area contributed by atoms with Gasteiger partial charge >= 0.3 is 0 Å². The summed E-state index contributed by atoms with van der Waals surface area (Å²) >= 11 is 0. The Kier molecular flexibility index (Phi) is 7.25. The number of amides is 2. The van der Waals surface area contributed by atoms with E-state index in [-0.39, 0.29) is 31.0 Å². The number of imide groups is 1. The first kappa shape index (κ1) is 22.8. The smallest absolute Gasteiger partial charge is 0.238 e. The van der Waals surface area contributed by atoms with Crippen LogP contribution in [0.25, 0.3) is 0 Å². The van der Waals surface area contributed by atoms with Gasteiger partial charge in [-0.25, -0.2) is 8.78 Å². The molecule has 30 heavy (non-hydrogen) atoms. The van der Waals surface area contributed by atoms with Crippen LogP contribution in [0.5, 0.6) is 0 Å². The maximum absolute atomic E-state index is 14.9. The van der Waals surface area contributed by atoms with Gasteiger partial charge in [-0.15, -0.1) is 0 Å². The third-order valence-electron chi connectivity index (χ3n) is 5.62. The van der Waals surface area contributed by atoms with Crippen molar-refractivity contribution in [1.82, 2.24) is 10.2 Å². The molecule has 1 aromatic carbocycles. The van der Waals surface area contributed by atoms with Gasteiger partial charge in [-0.05, 0) is 24.6 Å². The molecule has 0 aromatic heterocycles. The predicted molar refractivity (Wildman–Crippen MR) is 114 cm³/mol. The summed E-state index contributed by atoms with van der Waals surface area (Å²) in [5, 5.41) is 3.20. The second-order valence-corrected chi connectivity index (χ2v) is 14.8. The summed E-state index contributed by atoms with van der Waals surface area (Å²) < 4.78 is 35.4. The summed E-state index contributed by atoms with van der Waals surface area (Å²) in [7, 11) is -1.30. The lowest BCUT2D eigenvalue weighted by atomic mass is 9.88. The maximum Gasteiger partial charge on any atom is 0.238 e. The highest BCUT2D eigenvalue weighted by Gasteiger charge is 2.38.